The standard InChI is InChI=1S/C11H12FN3O/c1-7(8-4-14-5-8)11(16)15-10-2-3-13-6-9(10)12/h2-3,6,14H,4-5H2,1H3,(H,13,15,16). The van der Waals surface area contributed by atoms with E-state index in [4.69, 9.17) is 0 Å². The number of halogens is 1. The van der Waals surface area contributed by atoms with Crippen LogP contribution in [0.25, 0.3) is 0 Å². The third kappa shape index (κ3) is 2.09. The number of hydrogen-bond acceptors (Lipinski definition) is 3. The highest BCUT2D eigenvalue weighted by Gasteiger charge is 2.16. The summed E-state index contributed by atoms with van der Waals surface area (Å²) in [5.41, 5.74) is 1.87. The molecule has 0 saturated carbocycles. The number of nitrogens with zero attached hydrogens (tertiary/aromatic N) is 1. The third-order valence-electron chi connectivity index (χ3n) is 2.57. The van der Waals surface area contributed by atoms with Gasteiger partial charge in [-0.25, -0.2) is 4.39 Å². The summed E-state index contributed by atoms with van der Waals surface area (Å²) in [6.45, 7) is 3.21. The van der Waals surface area contributed by atoms with Gasteiger partial charge in [0.05, 0.1) is 11.9 Å². The molecule has 0 aliphatic carbocycles. The lowest BCUT2D eigenvalue weighted by Crippen LogP contribution is -2.36. The predicted molar refractivity (Wildman–Crippen MR) is 58.4 cm³/mol. The van der Waals surface area contributed by atoms with Crippen LogP contribution in [0.2, 0.25) is 0 Å². The maximum Gasteiger partial charge on any atom is 0.251 e. The van der Waals surface area contributed by atoms with Crippen LogP contribution in [0.3, 0.4) is 0 Å². The van der Waals surface area contributed by atoms with Crippen molar-refractivity contribution < 1.29 is 9.18 Å². The Balaban J connectivity index is 2.11. The fourth-order valence-corrected chi connectivity index (χ4v) is 1.37. The summed E-state index contributed by atoms with van der Waals surface area (Å²) in [5, 5.41) is 5.57. The Labute approximate surface area is 92.6 Å². The summed E-state index contributed by atoms with van der Waals surface area (Å²) < 4.78 is 13.2. The van der Waals surface area contributed by atoms with Gasteiger partial charge in [0.1, 0.15) is 0 Å². The molecule has 1 saturated heterocycles. The van der Waals surface area contributed by atoms with Gasteiger partial charge in [0.2, 0.25) is 0 Å². The van der Waals surface area contributed by atoms with Crippen LogP contribution in [0.1, 0.15) is 6.92 Å². The third-order valence-corrected chi connectivity index (χ3v) is 2.57. The highest BCUT2D eigenvalue weighted by Crippen LogP contribution is 2.14. The van der Waals surface area contributed by atoms with Gasteiger partial charge >= 0.3 is 0 Å². The topological polar surface area (TPSA) is 54.0 Å². The van der Waals surface area contributed by atoms with Crippen molar-refractivity contribution >= 4 is 11.6 Å². The molecule has 0 atom stereocenters. The maximum atomic E-state index is 13.2. The molecule has 16 heavy (non-hydrogen) atoms. The van der Waals surface area contributed by atoms with E-state index in [1.54, 1.807) is 6.92 Å². The molecule has 0 unspecified atom stereocenters. The van der Waals surface area contributed by atoms with Gasteiger partial charge in [-0.15, -0.1) is 0 Å². The average Bonchev–Trinajstić information content (AvgIpc) is 2.18. The number of pyridine rings is 1. The average molecular weight is 221 g/mol. The maximum absolute atomic E-state index is 13.2. The van der Waals surface area contributed by atoms with Crippen molar-refractivity contribution in [3.63, 3.8) is 0 Å². The summed E-state index contributed by atoms with van der Waals surface area (Å²) in [6, 6.07) is 1.43. The Morgan fingerprint density at radius 1 is 1.56 bits per heavy atom. The van der Waals surface area contributed by atoms with Crippen molar-refractivity contribution in [2.75, 3.05) is 18.4 Å². The quantitative estimate of drug-likeness (QED) is 0.735. The first-order chi connectivity index (χ1) is 7.68. The lowest BCUT2D eigenvalue weighted by molar-refractivity contribution is -0.112. The predicted octanol–water partition coefficient (Wildman–Crippen LogP) is 1.08. The Morgan fingerprint density at radius 3 is 2.88 bits per heavy atom. The lowest BCUT2D eigenvalue weighted by atomic mass is 10.0. The highest BCUT2D eigenvalue weighted by molar-refractivity contribution is 6.04. The van der Waals surface area contributed by atoms with E-state index in [-0.39, 0.29) is 11.6 Å². The smallest absolute Gasteiger partial charge is 0.251 e. The second-order valence-electron chi connectivity index (χ2n) is 3.64. The second kappa shape index (κ2) is 4.40. The minimum absolute atomic E-state index is 0.159. The van der Waals surface area contributed by atoms with E-state index in [1.807, 2.05) is 0 Å². The molecule has 1 aliphatic rings. The highest BCUT2D eigenvalue weighted by atomic mass is 19.1. The molecule has 1 aromatic heterocycles. The number of rotatable bonds is 2. The molecule has 2 rings (SSSR count). The molecular formula is C11H12FN3O. The van der Waals surface area contributed by atoms with Crippen molar-refractivity contribution in [1.82, 2.24) is 10.3 Å². The van der Waals surface area contributed by atoms with Crippen LogP contribution in [0.5, 0.6) is 0 Å². The molecule has 0 radical (unpaired) electrons. The SMILES string of the molecule is CC(C(=O)Nc1ccncc1F)=C1CNC1. The Hall–Kier alpha value is -1.75. The normalized spacial score (nSPS) is 14.2. The number of carbonyl (C=O) groups excluding carboxylic acids is 1. The Kier molecular flexibility index (Phi) is 2.96. The zero-order valence-electron chi connectivity index (χ0n) is 8.88. The van der Waals surface area contributed by atoms with Crippen molar-refractivity contribution in [1.29, 1.82) is 0 Å². The first-order valence-corrected chi connectivity index (χ1v) is 4.98. The van der Waals surface area contributed by atoms with E-state index in [0.29, 0.717) is 5.57 Å². The molecule has 0 aromatic carbocycles. The summed E-state index contributed by atoms with van der Waals surface area (Å²) in [4.78, 5) is 15.3. The van der Waals surface area contributed by atoms with Gasteiger partial charge in [-0.1, -0.05) is 0 Å². The minimum atomic E-state index is -0.527. The lowest BCUT2D eigenvalue weighted by Gasteiger charge is -2.21. The van der Waals surface area contributed by atoms with E-state index < -0.39 is 5.82 Å². The molecular weight excluding hydrogens is 209 g/mol. The zero-order chi connectivity index (χ0) is 11.5. The molecule has 4 nitrogen and oxygen atoms in total. The van der Waals surface area contributed by atoms with E-state index >= 15 is 0 Å². The van der Waals surface area contributed by atoms with Crippen molar-refractivity contribution in [2.24, 2.45) is 0 Å². The number of aromatic nitrogens is 1. The van der Waals surface area contributed by atoms with Gasteiger partial charge in [-0.3, -0.25) is 9.78 Å². The van der Waals surface area contributed by atoms with Gasteiger partial charge in [0, 0.05) is 24.9 Å². The fourth-order valence-electron chi connectivity index (χ4n) is 1.37. The molecule has 84 valence electrons. The molecule has 0 spiro atoms. The molecule has 2 heterocycles. The molecule has 0 bridgehead atoms. The molecule has 1 amide bonds. The van der Waals surface area contributed by atoms with Crippen LogP contribution in [0.15, 0.2) is 29.6 Å². The fraction of sp³-hybridized carbons (Fsp3) is 0.273. The van der Waals surface area contributed by atoms with E-state index in [9.17, 15) is 9.18 Å². The summed E-state index contributed by atoms with van der Waals surface area (Å²) in [7, 11) is 0. The molecule has 2 N–H and O–H groups in total. The Bertz CT molecular complexity index is 450. The second-order valence-corrected chi connectivity index (χ2v) is 3.64. The zero-order valence-corrected chi connectivity index (χ0v) is 8.88. The van der Waals surface area contributed by atoms with Crippen LogP contribution in [0, 0.1) is 5.82 Å². The van der Waals surface area contributed by atoms with Crippen LogP contribution >= 0.6 is 0 Å². The molecule has 1 aliphatic heterocycles. The van der Waals surface area contributed by atoms with Crippen molar-refractivity contribution in [3.8, 4) is 0 Å². The van der Waals surface area contributed by atoms with Gasteiger partial charge in [0.15, 0.2) is 5.82 Å². The van der Waals surface area contributed by atoms with E-state index in [1.165, 1.54) is 12.3 Å². The van der Waals surface area contributed by atoms with Crippen LogP contribution < -0.4 is 10.6 Å². The number of nitrogens with one attached hydrogen (secondary N) is 2. The molecule has 5 heteroatoms. The monoisotopic (exact) mass is 221 g/mol. The van der Waals surface area contributed by atoms with Crippen LogP contribution in [0.4, 0.5) is 10.1 Å². The number of carbonyl (C=O) groups is 1. The van der Waals surface area contributed by atoms with Gasteiger partial charge in [-0.05, 0) is 18.6 Å². The molecule has 1 aromatic rings. The van der Waals surface area contributed by atoms with Crippen molar-refractivity contribution in [3.05, 3.63) is 35.4 Å². The van der Waals surface area contributed by atoms with E-state index in [2.05, 4.69) is 15.6 Å². The largest absolute Gasteiger partial charge is 0.320 e. The first kappa shape index (κ1) is 10.8. The van der Waals surface area contributed by atoms with E-state index in [0.717, 1.165) is 24.9 Å². The number of anilines is 1. The Morgan fingerprint density at radius 2 is 2.31 bits per heavy atom. The number of hydrogen-bond donors (Lipinski definition) is 2. The summed E-state index contributed by atoms with van der Waals surface area (Å²) in [5.74, 6) is -0.790. The summed E-state index contributed by atoms with van der Waals surface area (Å²) in [6.07, 6.45) is 2.51. The van der Waals surface area contributed by atoms with Crippen LogP contribution in [-0.2, 0) is 4.79 Å². The number of amides is 1. The molecule has 1 fully saturated rings. The minimum Gasteiger partial charge on any atom is -0.320 e. The van der Waals surface area contributed by atoms with Crippen molar-refractivity contribution in [2.45, 2.75) is 6.92 Å². The summed E-state index contributed by atoms with van der Waals surface area (Å²) >= 11 is 0. The first-order valence-electron chi connectivity index (χ1n) is 4.98. The van der Waals surface area contributed by atoms with Gasteiger partial charge in [0.25, 0.3) is 5.91 Å². The van der Waals surface area contributed by atoms with Gasteiger partial charge in [-0.2, -0.15) is 0 Å². The van der Waals surface area contributed by atoms with Crippen LogP contribution in [-0.4, -0.2) is 24.0 Å². The van der Waals surface area contributed by atoms with Gasteiger partial charge < -0.3 is 10.6 Å².